The predicted molar refractivity (Wildman–Crippen MR) is 148 cm³/mol. The lowest BCUT2D eigenvalue weighted by atomic mass is 9.98. The van der Waals surface area contributed by atoms with Crippen LogP contribution in [0.4, 0.5) is 0 Å². The minimum atomic E-state index is -0.570. The van der Waals surface area contributed by atoms with Gasteiger partial charge in [0.15, 0.2) is 5.78 Å². The van der Waals surface area contributed by atoms with Crippen molar-refractivity contribution in [3.63, 3.8) is 0 Å². The van der Waals surface area contributed by atoms with Gasteiger partial charge in [0.25, 0.3) is 5.91 Å². The zero-order valence-electron chi connectivity index (χ0n) is 22.9. The Morgan fingerprint density at radius 1 is 0.944 bits per heavy atom. The molecule has 0 spiro atoms. The second-order valence-corrected chi connectivity index (χ2v) is 9.37. The van der Waals surface area contributed by atoms with Gasteiger partial charge in [-0.25, -0.2) is 0 Å². The maximum atomic E-state index is 13.1. The molecule has 0 saturated heterocycles. The number of carbonyl (C=O) groups is 2. The van der Waals surface area contributed by atoms with Crippen LogP contribution in [0.5, 0.6) is 5.75 Å². The molecule has 36 heavy (non-hydrogen) atoms. The third-order valence-corrected chi connectivity index (χ3v) is 6.60. The van der Waals surface area contributed by atoms with E-state index < -0.39 is 6.04 Å². The molecule has 198 valence electrons. The number of nitrogens with zero attached hydrogens (tertiary/aromatic N) is 1. The van der Waals surface area contributed by atoms with E-state index in [0.717, 1.165) is 68.0 Å². The summed E-state index contributed by atoms with van der Waals surface area (Å²) < 4.78 is 5.89. The third-order valence-electron chi connectivity index (χ3n) is 6.60. The third kappa shape index (κ3) is 10.1. The largest absolute Gasteiger partial charge is 0.492 e. The van der Waals surface area contributed by atoms with Gasteiger partial charge in [-0.1, -0.05) is 39.0 Å². The van der Waals surface area contributed by atoms with Crippen molar-refractivity contribution >= 4 is 11.7 Å². The summed E-state index contributed by atoms with van der Waals surface area (Å²) in [6.07, 6.45) is 2.71. The number of likely N-dealkylation sites (N-methyl/N-ethyl adjacent to an activating group) is 1. The number of aryl methyl sites for hydroxylation is 2. The Morgan fingerprint density at radius 3 is 2.31 bits per heavy atom. The van der Waals surface area contributed by atoms with Gasteiger partial charge in [-0.05, 0) is 100 Å². The average Bonchev–Trinajstić information content (AvgIpc) is 2.88. The Bertz CT molecular complexity index is 939. The SMILES string of the molecule is CCCNCCCC(=O)C(Cc1ccc(OCCN(CC)CC)cc1)NC(=O)c1ccc(C)c(C)c1. The lowest BCUT2D eigenvalue weighted by Crippen LogP contribution is -2.42. The smallest absolute Gasteiger partial charge is 0.251 e. The molecule has 6 heteroatoms. The van der Waals surface area contributed by atoms with Crippen LogP contribution in [0.25, 0.3) is 0 Å². The van der Waals surface area contributed by atoms with Gasteiger partial charge in [-0.2, -0.15) is 0 Å². The van der Waals surface area contributed by atoms with E-state index in [-0.39, 0.29) is 11.7 Å². The van der Waals surface area contributed by atoms with Crippen molar-refractivity contribution in [1.29, 1.82) is 0 Å². The van der Waals surface area contributed by atoms with Crippen molar-refractivity contribution in [2.75, 3.05) is 39.3 Å². The number of ether oxygens (including phenoxy) is 1. The van der Waals surface area contributed by atoms with Crippen LogP contribution >= 0.6 is 0 Å². The number of Topliss-reactive ketones (excluding diaryl/α,β-unsaturated/α-hetero) is 1. The number of hydrogen-bond donors (Lipinski definition) is 2. The summed E-state index contributed by atoms with van der Waals surface area (Å²) in [6.45, 7) is 15.7. The fraction of sp³-hybridized carbons (Fsp3) is 0.533. The zero-order chi connectivity index (χ0) is 26.3. The molecular formula is C30H45N3O3. The van der Waals surface area contributed by atoms with Crippen molar-refractivity contribution in [3.8, 4) is 5.75 Å². The summed E-state index contributed by atoms with van der Waals surface area (Å²) in [6, 6.07) is 12.9. The molecular weight excluding hydrogens is 450 g/mol. The van der Waals surface area contributed by atoms with Gasteiger partial charge >= 0.3 is 0 Å². The van der Waals surface area contributed by atoms with E-state index in [4.69, 9.17) is 4.74 Å². The number of nitrogens with one attached hydrogen (secondary N) is 2. The highest BCUT2D eigenvalue weighted by molar-refractivity contribution is 5.98. The van der Waals surface area contributed by atoms with Crippen LogP contribution in [-0.4, -0.2) is 62.0 Å². The minimum absolute atomic E-state index is 0.0602. The van der Waals surface area contributed by atoms with Gasteiger partial charge in [-0.3, -0.25) is 9.59 Å². The second kappa shape index (κ2) is 16.1. The Morgan fingerprint density at radius 2 is 1.67 bits per heavy atom. The van der Waals surface area contributed by atoms with E-state index in [1.54, 1.807) is 0 Å². The van der Waals surface area contributed by atoms with Gasteiger partial charge in [0.05, 0.1) is 6.04 Å². The average molecular weight is 496 g/mol. The summed E-state index contributed by atoms with van der Waals surface area (Å²) in [5.41, 5.74) is 3.77. The Labute approximate surface area is 217 Å². The molecule has 1 atom stereocenters. The van der Waals surface area contributed by atoms with Crippen molar-refractivity contribution < 1.29 is 14.3 Å². The summed E-state index contributed by atoms with van der Waals surface area (Å²) in [5, 5.41) is 6.35. The topological polar surface area (TPSA) is 70.7 Å². The molecule has 0 saturated carbocycles. The number of hydrogen-bond acceptors (Lipinski definition) is 5. The summed E-state index contributed by atoms with van der Waals surface area (Å²) in [5.74, 6) is 0.664. The minimum Gasteiger partial charge on any atom is -0.492 e. The molecule has 0 aliphatic carbocycles. The lowest BCUT2D eigenvalue weighted by molar-refractivity contribution is -0.121. The van der Waals surface area contributed by atoms with Crippen molar-refractivity contribution in [1.82, 2.24) is 15.5 Å². The van der Waals surface area contributed by atoms with Crippen LogP contribution in [0.2, 0.25) is 0 Å². The zero-order valence-corrected chi connectivity index (χ0v) is 22.9. The van der Waals surface area contributed by atoms with Crippen LogP contribution in [-0.2, 0) is 11.2 Å². The molecule has 0 fully saturated rings. The summed E-state index contributed by atoms with van der Waals surface area (Å²) in [4.78, 5) is 28.5. The lowest BCUT2D eigenvalue weighted by Gasteiger charge is -2.19. The van der Waals surface area contributed by atoms with Crippen molar-refractivity contribution in [2.45, 2.75) is 66.3 Å². The highest BCUT2D eigenvalue weighted by Crippen LogP contribution is 2.16. The van der Waals surface area contributed by atoms with Gasteiger partial charge in [0.2, 0.25) is 0 Å². The molecule has 2 aromatic rings. The number of amides is 1. The monoisotopic (exact) mass is 495 g/mol. The fourth-order valence-electron chi connectivity index (χ4n) is 4.02. The first-order valence-electron chi connectivity index (χ1n) is 13.4. The predicted octanol–water partition coefficient (Wildman–Crippen LogP) is 4.71. The highest BCUT2D eigenvalue weighted by atomic mass is 16.5. The Kier molecular flexibility index (Phi) is 13.2. The first-order valence-corrected chi connectivity index (χ1v) is 13.4. The van der Waals surface area contributed by atoms with E-state index in [0.29, 0.717) is 25.0 Å². The van der Waals surface area contributed by atoms with Crippen molar-refractivity contribution in [3.05, 3.63) is 64.7 Å². The molecule has 0 bridgehead atoms. The first-order chi connectivity index (χ1) is 17.4. The van der Waals surface area contributed by atoms with Crippen molar-refractivity contribution in [2.24, 2.45) is 0 Å². The first kappa shape index (κ1) is 29.5. The Balaban J connectivity index is 2.03. The highest BCUT2D eigenvalue weighted by Gasteiger charge is 2.22. The number of carbonyl (C=O) groups excluding carboxylic acids is 2. The maximum absolute atomic E-state index is 13.1. The normalized spacial score (nSPS) is 11.9. The van der Waals surface area contributed by atoms with Gasteiger partial charge in [0, 0.05) is 18.5 Å². The maximum Gasteiger partial charge on any atom is 0.251 e. The quantitative estimate of drug-likeness (QED) is 0.311. The summed E-state index contributed by atoms with van der Waals surface area (Å²) in [7, 11) is 0. The van der Waals surface area contributed by atoms with Crippen LogP contribution in [0.3, 0.4) is 0 Å². The Hall–Kier alpha value is -2.70. The molecule has 1 unspecified atom stereocenters. The molecule has 2 N–H and O–H groups in total. The molecule has 0 heterocycles. The molecule has 0 aromatic heterocycles. The van der Waals surface area contributed by atoms with Crippen LogP contribution in [0.1, 0.15) is 67.1 Å². The van der Waals surface area contributed by atoms with Gasteiger partial charge < -0.3 is 20.3 Å². The summed E-state index contributed by atoms with van der Waals surface area (Å²) >= 11 is 0. The van der Waals surface area contributed by atoms with Gasteiger partial charge in [0.1, 0.15) is 12.4 Å². The van der Waals surface area contributed by atoms with E-state index in [1.165, 1.54) is 0 Å². The van der Waals surface area contributed by atoms with Crippen LogP contribution in [0, 0.1) is 13.8 Å². The molecule has 0 radical (unpaired) electrons. The van der Waals surface area contributed by atoms with Crippen LogP contribution in [0.15, 0.2) is 42.5 Å². The van der Waals surface area contributed by atoms with E-state index in [9.17, 15) is 9.59 Å². The standard InChI is InChI=1S/C30H45N3O3/c1-6-17-31-18-9-10-29(34)28(32-30(35)26-14-11-23(4)24(5)21-26)22-25-12-15-27(16-13-25)36-20-19-33(7-2)8-3/h11-16,21,28,31H,6-10,17-20,22H2,1-5H3,(H,32,35). The molecule has 1 amide bonds. The second-order valence-electron chi connectivity index (χ2n) is 9.37. The number of ketones is 1. The van der Waals surface area contributed by atoms with E-state index >= 15 is 0 Å². The number of benzene rings is 2. The van der Waals surface area contributed by atoms with Crippen LogP contribution < -0.4 is 15.4 Å². The van der Waals surface area contributed by atoms with Gasteiger partial charge in [-0.15, -0.1) is 0 Å². The molecule has 2 aromatic carbocycles. The number of rotatable bonds is 17. The van der Waals surface area contributed by atoms with E-state index in [2.05, 4.69) is 36.3 Å². The van der Waals surface area contributed by atoms with E-state index in [1.807, 2.05) is 56.3 Å². The fourth-order valence-corrected chi connectivity index (χ4v) is 4.02. The molecule has 6 nitrogen and oxygen atoms in total. The molecule has 2 rings (SSSR count). The molecule has 0 aliphatic heterocycles. The molecule has 0 aliphatic rings.